The summed E-state index contributed by atoms with van der Waals surface area (Å²) in [4.78, 5) is 0. The molecule has 33 heavy (non-hydrogen) atoms. The van der Waals surface area contributed by atoms with E-state index < -0.39 is 22.9 Å². The van der Waals surface area contributed by atoms with Crippen LogP contribution in [0.4, 0.5) is 13.2 Å². The molecule has 0 saturated heterocycles. The number of halogens is 3. The van der Waals surface area contributed by atoms with Gasteiger partial charge < -0.3 is 20.3 Å². The molecule has 0 bridgehead atoms. The summed E-state index contributed by atoms with van der Waals surface area (Å²) in [7, 11) is 0. The number of alkyl halides is 3. The number of aliphatic hydroxyl groups excluding tert-OH is 1. The molecule has 3 N–H and O–H groups in total. The maximum Gasteiger partial charge on any atom is 0.417 e. The normalized spacial score (nSPS) is 17.4. The number of rotatable bonds is 8. The van der Waals surface area contributed by atoms with Crippen molar-refractivity contribution < 1.29 is 27.8 Å². The summed E-state index contributed by atoms with van der Waals surface area (Å²) in [6.07, 6.45) is -2.12. The highest BCUT2D eigenvalue weighted by Crippen LogP contribution is 2.43. The molecule has 1 unspecified atom stereocenters. The van der Waals surface area contributed by atoms with Crippen LogP contribution in [0.3, 0.4) is 0 Å². The smallest absolute Gasteiger partial charge is 0.417 e. The Balaban J connectivity index is 1.69. The first-order valence-corrected chi connectivity index (χ1v) is 11.0. The Hall–Kier alpha value is -2.61. The van der Waals surface area contributed by atoms with E-state index in [1.807, 2.05) is 30.3 Å². The first-order chi connectivity index (χ1) is 15.6. The van der Waals surface area contributed by atoms with Crippen molar-refractivity contribution in [3.63, 3.8) is 0 Å². The zero-order valence-corrected chi connectivity index (χ0v) is 18.5. The third kappa shape index (κ3) is 5.00. The topological polar surface area (TPSA) is 64.7 Å². The molecule has 3 aromatic rings. The lowest BCUT2D eigenvalue weighted by Gasteiger charge is -2.43. The number of benzene rings is 3. The maximum absolute atomic E-state index is 13.7. The number of ether oxygens (including phenoxy) is 2. The van der Waals surface area contributed by atoms with Gasteiger partial charge in [-0.15, -0.1) is 0 Å². The summed E-state index contributed by atoms with van der Waals surface area (Å²) in [5.41, 5.74) is 5.25. The lowest BCUT2D eigenvalue weighted by atomic mass is 9.80. The fraction of sp³-hybridized carbons (Fsp3) is 0.385. The minimum Gasteiger partial charge on any atom is -0.484 e. The zero-order valence-electron chi connectivity index (χ0n) is 18.5. The van der Waals surface area contributed by atoms with Crippen molar-refractivity contribution in [2.75, 3.05) is 13.2 Å². The van der Waals surface area contributed by atoms with E-state index in [2.05, 4.69) is 0 Å². The van der Waals surface area contributed by atoms with Gasteiger partial charge in [-0.2, -0.15) is 13.2 Å². The SMILES string of the molecule is CC(N)(CO)c1cc2cccc(C(F)(F)F)c2cc1OC1(COCc2ccccc2)CCC1. The highest BCUT2D eigenvalue weighted by Gasteiger charge is 2.42. The highest BCUT2D eigenvalue weighted by molar-refractivity contribution is 5.89. The van der Waals surface area contributed by atoms with Gasteiger partial charge in [-0.25, -0.2) is 0 Å². The van der Waals surface area contributed by atoms with Gasteiger partial charge in [0.25, 0.3) is 0 Å². The van der Waals surface area contributed by atoms with Crippen LogP contribution in [0.5, 0.6) is 5.75 Å². The van der Waals surface area contributed by atoms with Crippen molar-refractivity contribution >= 4 is 10.8 Å². The van der Waals surface area contributed by atoms with E-state index in [4.69, 9.17) is 15.2 Å². The zero-order chi connectivity index (χ0) is 23.7. The fourth-order valence-electron chi connectivity index (χ4n) is 4.18. The average molecular weight is 460 g/mol. The van der Waals surface area contributed by atoms with E-state index in [-0.39, 0.29) is 17.7 Å². The molecule has 4 rings (SSSR count). The molecule has 0 heterocycles. The number of nitrogens with two attached hydrogens (primary N) is 1. The van der Waals surface area contributed by atoms with Crippen LogP contribution in [-0.4, -0.2) is 23.9 Å². The molecule has 7 heteroatoms. The van der Waals surface area contributed by atoms with E-state index in [0.29, 0.717) is 24.2 Å². The lowest BCUT2D eigenvalue weighted by molar-refractivity contribution is -0.136. The Labute approximate surface area is 191 Å². The second kappa shape index (κ2) is 8.97. The minimum atomic E-state index is -4.51. The van der Waals surface area contributed by atoms with Crippen molar-refractivity contribution in [1.82, 2.24) is 0 Å². The first kappa shape index (κ1) is 23.5. The maximum atomic E-state index is 13.7. The van der Waals surface area contributed by atoms with Gasteiger partial charge >= 0.3 is 6.18 Å². The standard InChI is InChI=1S/C26H28F3NO3/c1-24(30,16-31)22-13-19-9-5-10-21(26(27,28)29)20(19)14-23(22)33-25(11-6-12-25)17-32-15-18-7-3-2-4-8-18/h2-5,7-10,13-14,31H,6,11-12,15-17,30H2,1H3. The largest absolute Gasteiger partial charge is 0.484 e. The molecular formula is C26H28F3NO3. The molecule has 1 saturated carbocycles. The molecule has 1 aliphatic rings. The monoisotopic (exact) mass is 459 g/mol. The molecule has 4 nitrogen and oxygen atoms in total. The highest BCUT2D eigenvalue weighted by atomic mass is 19.4. The van der Waals surface area contributed by atoms with Crippen LogP contribution in [0.2, 0.25) is 0 Å². The van der Waals surface area contributed by atoms with E-state index in [9.17, 15) is 18.3 Å². The third-order valence-corrected chi connectivity index (χ3v) is 6.30. The summed E-state index contributed by atoms with van der Waals surface area (Å²) >= 11 is 0. The van der Waals surface area contributed by atoms with Gasteiger partial charge in [0.15, 0.2) is 0 Å². The lowest BCUT2D eigenvalue weighted by Crippen LogP contribution is -2.48. The van der Waals surface area contributed by atoms with Crippen molar-refractivity contribution in [3.05, 3.63) is 77.4 Å². The van der Waals surface area contributed by atoms with Gasteiger partial charge in [0.2, 0.25) is 0 Å². The summed E-state index contributed by atoms with van der Waals surface area (Å²) in [5.74, 6) is 0.251. The molecule has 0 spiro atoms. The van der Waals surface area contributed by atoms with Gasteiger partial charge in [-0.1, -0.05) is 42.5 Å². The minimum absolute atomic E-state index is 0.0390. The van der Waals surface area contributed by atoms with Gasteiger partial charge in [0.1, 0.15) is 11.4 Å². The van der Waals surface area contributed by atoms with Gasteiger partial charge in [0.05, 0.1) is 30.9 Å². The van der Waals surface area contributed by atoms with Crippen LogP contribution < -0.4 is 10.5 Å². The number of hydrogen-bond acceptors (Lipinski definition) is 4. The molecule has 1 atom stereocenters. The quantitative estimate of drug-likeness (QED) is 0.464. The Morgan fingerprint density at radius 1 is 1.00 bits per heavy atom. The van der Waals surface area contributed by atoms with Crippen LogP contribution in [0.1, 0.15) is 42.9 Å². The summed E-state index contributed by atoms with van der Waals surface area (Å²) in [5, 5.41) is 10.3. The average Bonchev–Trinajstić information content (AvgIpc) is 2.76. The number of hydrogen-bond donors (Lipinski definition) is 2. The van der Waals surface area contributed by atoms with E-state index in [0.717, 1.165) is 30.9 Å². The Kier molecular flexibility index (Phi) is 6.40. The van der Waals surface area contributed by atoms with Gasteiger partial charge in [0, 0.05) is 5.56 Å². The second-order valence-electron chi connectivity index (χ2n) is 9.07. The van der Waals surface area contributed by atoms with Crippen molar-refractivity contribution in [2.45, 2.75) is 50.1 Å². The Bertz CT molecular complexity index is 1110. The predicted molar refractivity (Wildman–Crippen MR) is 121 cm³/mol. The third-order valence-electron chi connectivity index (χ3n) is 6.30. The molecule has 1 aliphatic carbocycles. The van der Waals surface area contributed by atoms with Gasteiger partial charge in [-0.05, 0) is 60.7 Å². The molecular weight excluding hydrogens is 431 g/mol. The fourth-order valence-corrected chi connectivity index (χ4v) is 4.18. The van der Waals surface area contributed by atoms with Crippen LogP contribution in [0.25, 0.3) is 10.8 Å². The Morgan fingerprint density at radius 2 is 1.73 bits per heavy atom. The van der Waals surface area contributed by atoms with E-state index >= 15 is 0 Å². The van der Waals surface area contributed by atoms with Crippen LogP contribution in [0.15, 0.2) is 60.7 Å². The summed E-state index contributed by atoms with van der Waals surface area (Å²) in [6.45, 7) is 1.97. The van der Waals surface area contributed by atoms with E-state index in [1.165, 1.54) is 12.1 Å². The number of fused-ring (bicyclic) bond motifs is 1. The predicted octanol–water partition coefficient (Wildman–Crippen LogP) is 5.54. The van der Waals surface area contributed by atoms with Gasteiger partial charge in [-0.3, -0.25) is 0 Å². The molecule has 0 amide bonds. The molecule has 0 aliphatic heterocycles. The van der Waals surface area contributed by atoms with Crippen molar-refractivity contribution in [1.29, 1.82) is 0 Å². The van der Waals surface area contributed by atoms with Crippen LogP contribution >= 0.6 is 0 Å². The number of aliphatic hydroxyl groups is 1. The van der Waals surface area contributed by atoms with E-state index in [1.54, 1.807) is 19.1 Å². The van der Waals surface area contributed by atoms with Crippen LogP contribution in [0, 0.1) is 0 Å². The first-order valence-electron chi connectivity index (χ1n) is 11.0. The van der Waals surface area contributed by atoms with Crippen LogP contribution in [-0.2, 0) is 23.1 Å². The Morgan fingerprint density at radius 3 is 2.33 bits per heavy atom. The van der Waals surface area contributed by atoms with Crippen molar-refractivity contribution in [2.24, 2.45) is 5.73 Å². The molecule has 1 fully saturated rings. The molecule has 0 aromatic heterocycles. The summed E-state index contributed by atoms with van der Waals surface area (Å²) in [6, 6.07) is 16.8. The molecule has 176 valence electrons. The summed E-state index contributed by atoms with van der Waals surface area (Å²) < 4.78 is 53.3. The van der Waals surface area contributed by atoms with Crippen molar-refractivity contribution in [3.8, 4) is 5.75 Å². The molecule has 3 aromatic carbocycles. The molecule has 0 radical (unpaired) electrons. The second-order valence-corrected chi connectivity index (χ2v) is 9.07.